The predicted octanol–water partition coefficient (Wildman–Crippen LogP) is 3.78. The molecule has 0 amide bonds. The molecule has 1 atom stereocenters. The van der Waals surface area contributed by atoms with Crippen molar-refractivity contribution in [2.45, 2.75) is 31.8 Å². The molecule has 0 aliphatic carbocycles. The zero-order chi connectivity index (χ0) is 12.1. The molecule has 1 aromatic carbocycles. The van der Waals surface area contributed by atoms with Crippen LogP contribution in [0, 0.1) is 5.92 Å². The van der Waals surface area contributed by atoms with Crippen molar-refractivity contribution in [3.63, 3.8) is 0 Å². The van der Waals surface area contributed by atoms with E-state index >= 15 is 0 Å². The van der Waals surface area contributed by atoms with Crippen LogP contribution in [0.5, 0.6) is 0 Å². The average Bonchev–Trinajstić information content (AvgIpc) is 2.33. The number of hydrogen-bond acceptors (Lipinski definition) is 2. The lowest BCUT2D eigenvalue weighted by Crippen LogP contribution is -2.19. The lowest BCUT2D eigenvalue weighted by atomic mass is 9.93. The topological polar surface area (TPSA) is 20.2 Å². The highest BCUT2D eigenvalue weighted by Gasteiger charge is 2.18. The van der Waals surface area contributed by atoms with Crippen LogP contribution in [0.3, 0.4) is 0 Å². The minimum absolute atomic E-state index is 0.247. The third-order valence-electron chi connectivity index (χ3n) is 3.36. The van der Waals surface area contributed by atoms with Crippen molar-refractivity contribution in [3.05, 3.63) is 34.9 Å². The van der Waals surface area contributed by atoms with Crippen LogP contribution in [0.15, 0.2) is 24.3 Å². The Bertz CT molecular complexity index is 350. The first-order valence-electron chi connectivity index (χ1n) is 6.25. The minimum Gasteiger partial charge on any atom is -0.393 e. The molecular weight excluding hydrogens is 252 g/mol. The van der Waals surface area contributed by atoms with E-state index in [4.69, 9.17) is 11.6 Å². The second kappa shape index (κ2) is 6.67. The molecule has 1 fully saturated rings. The van der Waals surface area contributed by atoms with Gasteiger partial charge >= 0.3 is 0 Å². The number of hydrogen-bond donors (Lipinski definition) is 1. The first kappa shape index (κ1) is 13.3. The monoisotopic (exact) mass is 270 g/mol. The Kier molecular flexibility index (Phi) is 5.20. The highest BCUT2D eigenvalue weighted by atomic mass is 35.5. The molecule has 17 heavy (non-hydrogen) atoms. The fourth-order valence-electron chi connectivity index (χ4n) is 2.37. The molecular formula is C14H19ClOS. The molecule has 1 saturated heterocycles. The van der Waals surface area contributed by atoms with Gasteiger partial charge < -0.3 is 5.11 Å². The van der Waals surface area contributed by atoms with Gasteiger partial charge in [-0.1, -0.05) is 29.8 Å². The quantitative estimate of drug-likeness (QED) is 0.899. The Morgan fingerprint density at radius 1 is 1.29 bits per heavy atom. The normalized spacial score (nSPS) is 19.2. The molecule has 1 aliphatic rings. The molecule has 1 N–H and O–H groups in total. The van der Waals surface area contributed by atoms with Crippen molar-refractivity contribution in [1.29, 1.82) is 0 Å². The van der Waals surface area contributed by atoms with E-state index in [0.717, 1.165) is 17.0 Å². The van der Waals surface area contributed by atoms with Gasteiger partial charge in [0.05, 0.1) is 6.10 Å². The van der Waals surface area contributed by atoms with Crippen LogP contribution in [0.1, 0.15) is 24.8 Å². The predicted molar refractivity (Wildman–Crippen MR) is 75.8 cm³/mol. The standard InChI is InChI=1S/C14H19ClOS/c15-14-4-2-1-3-12(14)10-13(16)9-11-5-7-17-8-6-11/h1-4,11,13,16H,5-10H2. The highest BCUT2D eigenvalue weighted by molar-refractivity contribution is 7.99. The third kappa shape index (κ3) is 4.20. The van der Waals surface area contributed by atoms with Gasteiger partial charge in [-0.25, -0.2) is 0 Å². The van der Waals surface area contributed by atoms with E-state index < -0.39 is 0 Å². The summed E-state index contributed by atoms with van der Waals surface area (Å²) in [5.41, 5.74) is 1.06. The molecule has 1 nitrogen and oxygen atoms in total. The van der Waals surface area contributed by atoms with Crippen molar-refractivity contribution < 1.29 is 5.11 Å². The Balaban J connectivity index is 1.84. The molecule has 3 heteroatoms. The van der Waals surface area contributed by atoms with E-state index in [1.165, 1.54) is 24.3 Å². The van der Waals surface area contributed by atoms with Crippen LogP contribution in [-0.4, -0.2) is 22.7 Å². The molecule has 0 bridgehead atoms. The Hall–Kier alpha value is -0.180. The largest absolute Gasteiger partial charge is 0.393 e. The summed E-state index contributed by atoms with van der Waals surface area (Å²) in [5, 5.41) is 10.9. The van der Waals surface area contributed by atoms with Gasteiger partial charge in [0.2, 0.25) is 0 Å². The van der Waals surface area contributed by atoms with Crippen molar-refractivity contribution in [2.75, 3.05) is 11.5 Å². The van der Waals surface area contributed by atoms with Gasteiger partial charge in [-0.15, -0.1) is 0 Å². The van der Waals surface area contributed by atoms with Gasteiger partial charge in [0, 0.05) is 5.02 Å². The molecule has 0 spiro atoms. The lowest BCUT2D eigenvalue weighted by molar-refractivity contribution is 0.139. The molecule has 0 radical (unpaired) electrons. The molecule has 1 unspecified atom stereocenters. The molecule has 2 rings (SSSR count). The van der Waals surface area contributed by atoms with Gasteiger partial charge in [0.25, 0.3) is 0 Å². The molecule has 94 valence electrons. The van der Waals surface area contributed by atoms with Gasteiger partial charge in [0.15, 0.2) is 0 Å². The van der Waals surface area contributed by atoms with Gasteiger partial charge in [-0.2, -0.15) is 11.8 Å². The van der Waals surface area contributed by atoms with E-state index in [2.05, 4.69) is 0 Å². The summed E-state index contributed by atoms with van der Waals surface area (Å²) >= 11 is 8.13. The summed E-state index contributed by atoms with van der Waals surface area (Å²) in [4.78, 5) is 0. The maximum Gasteiger partial charge on any atom is 0.0583 e. The van der Waals surface area contributed by atoms with Crippen LogP contribution in [0.2, 0.25) is 5.02 Å². The Labute approximate surface area is 113 Å². The van der Waals surface area contributed by atoms with Crippen LogP contribution in [0.25, 0.3) is 0 Å². The Morgan fingerprint density at radius 3 is 2.71 bits per heavy atom. The van der Waals surface area contributed by atoms with E-state index in [1.54, 1.807) is 0 Å². The zero-order valence-electron chi connectivity index (χ0n) is 9.94. The van der Waals surface area contributed by atoms with Crippen molar-refractivity contribution in [1.82, 2.24) is 0 Å². The van der Waals surface area contributed by atoms with Crippen molar-refractivity contribution in [2.24, 2.45) is 5.92 Å². The Morgan fingerprint density at radius 2 is 2.00 bits per heavy atom. The number of benzene rings is 1. The number of rotatable bonds is 4. The smallest absolute Gasteiger partial charge is 0.0583 e. The van der Waals surface area contributed by atoms with E-state index in [0.29, 0.717) is 12.3 Å². The molecule has 0 saturated carbocycles. The summed E-state index contributed by atoms with van der Waals surface area (Å²) in [5.74, 6) is 3.21. The first-order valence-corrected chi connectivity index (χ1v) is 7.78. The van der Waals surface area contributed by atoms with Crippen molar-refractivity contribution in [3.8, 4) is 0 Å². The minimum atomic E-state index is -0.247. The van der Waals surface area contributed by atoms with Crippen LogP contribution in [-0.2, 0) is 6.42 Å². The SMILES string of the molecule is OC(Cc1ccccc1Cl)CC1CCSCC1. The van der Waals surface area contributed by atoms with Crippen LogP contribution >= 0.6 is 23.4 Å². The van der Waals surface area contributed by atoms with Crippen molar-refractivity contribution >= 4 is 23.4 Å². The second-order valence-corrected chi connectivity index (χ2v) is 6.37. The number of aliphatic hydroxyl groups excluding tert-OH is 1. The summed E-state index contributed by atoms with van der Waals surface area (Å²) in [6.07, 6.45) is 3.87. The van der Waals surface area contributed by atoms with Crippen LogP contribution in [0.4, 0.5) is 0 Å². The second-order valence-electron chi connectivity index (χ2n) is 4.74. The highest BCUT2D eigenvalue weighted by Crippen LogP contribution is 2.27. The molecule has 1 heterocycles. The van der Waals surface area contributed by atoms with Gasteiger partial charge in [0.1, 0.15) is 0 Å². The maximum atomic E-state index is 10.1. The molecule has 1 aromatic rings. The number of thioether (sulfide) groups is 1. The lowest BCUT2D eigenvalue weighted by Gasteiger charge is -2.23. The molecule has 0 aromatic heterocycles. The fraction of sp³-hybridized carbons (Fsp3) is 0.571. The number of halogens is 1. The third-order valence-corrected chi connectivity index (χ3v) is 4.78. The van der Waals surface area contributed by atoms with Gasteiger partial charge in [-0.3, -0.25) is 0 Å². The average molecular weight is 271 g/mol. The van der Waals surface area contributed by atoms with Gasteiger partial charge in [-0.05, 0) is 54.7 Å². The zero-order valence-corrected chi connectivity index (χ0v) is 11.5. The first-order chi connectivity index (χ1) is 8.25. The summed E-state index contributed by atoms with van der Waals surface area (Å²) < 4.78 is 0. The van der Waals surface area contributed by atoms with E-state index in [1.807, 2.05) is 36.0 Å². The van der Waals surface area contributed by atoms with Crippen LogP contribution < -0.4 is 0 Å². The maximum absolute atomic E-state index is 10.1. The summed E-state index contributed by atoms with van der Waals surface area (Å²) in [6.45, 7) is 0. The molecule has 1 aliphatic heterocycles. The number of aliphatic hydroxyl groups is 1. The van der Waals surface area contributed by atoms with E-state index in [-0.39, 0.29) is 6.10 Å². The summed E-state index contributed by atoms with van der Waals surface area (Å²) in [7, 11) is 0. The fourth-order valence-corrected chi connectivity index (χ4v) is 3.79. The summed E-state index contributed by atoms with van der Waals surface area (Å²) in [6, 6.07) is 7.80. The van der Waals surface area contributed by atoms with E-state index in [9.17, 15) is 5.11 Å².